The number of nitrogens with one attached hydrogen (secondary N) is 2. The van der Waals surface area contributed by atoms with Crippen LogP contribution in [0.15, 0.2) is 41.3 Å². The van der Waals surface area contributed by atoms with E-state index in [9.17, 15) is 14.0 Å². The molecule has 3 heterocycles. The maximum Gasteiger partial charge on any atom is 0.269 e. The second kappa shape index (κ2) is 7.63. The van der Waals surface area contributed by atoms with Crippen molar-refractivity contribution in [2.24, 2.45) is 0 Å². The highest BCUT2D eigenvalue weighted by atomic mass is 19.1. The van der Waals surface area contributed by atoms with Crippen molar-refractivity contribution < 1.29 is 13.9 Å². The summed E-state index contributed by atoms with van der Waals surface area (Å²) in [6.45, 7) is 3.44. The number of rotatable bonds is 5. The fourth-order valence-corrected chi connectivity index (χ4v) is 3.39. The van der Waals surface area contributed by atoms with Gasteiger partial charge in [0.1, 0.15) is 17.5 Å². The second-order valence-corrected chi connectivity index (χ2v) is 7.18. The van der Waals surface area contributed by atoms with Gasteiger partial charge >= 0.3 is 0 Å². The van der Waals surface area contributed by atoms with Crippen LogP contribution in [0, 0.1) is 12.7 Å². The normalized spacial score (nSPS) is 14.6. The molecule has 1 aromatic carbocycles. The molecule has 0 bridgehead atoms. The molecule has 0 spiro atoms. The van der Waals surface area contributed by atoms with E-state index < -0.39 is 5.82 Å². The van der Waals surface area contributed by atoms with Crippen LogP contribution in [-0.4, -0.2) is 47.0 Å². The van der Waals surface area contributed by atoms with Gasteiger partial charge in [0, 0.05) is 43.2 Å². The predicted molar refractivity (Wildman–Crippen MR) is 107 cm³/mol. The number of fused-ring (bicyclic) bond motifs is 1. The minimum absolute atomic E-state index is 0.0198. The lowest BCUT2D eigenvalue weighted by Crippen LogP contribution is -2.53. The number of carbonyl (C=O) groups is 1. The first-order valence-electron chi connectivity index (χ1n) is 9.32. The zero-order valence-electron chi connectivity index (χ0n) is 16.2. The van der Waals surface area contributed by atoms with Gasteiger partial charge in [0.2, 0.25) is 0 Å². The number of aromatic amines is 1. The first kappa shape index (κ1) is 19.1. The largest absolute Gasteiger partial charge is 0.486 e. The van der Waals surface area contributed by atoms with Crippen molar-refractivity contribution in [3.63, 3.8) is 0 Å². The van der Waals surface area contributed by atoms with Crippen LogP contribution in [0.4, 0.5) is 4.39 Å². The number of carbonyl (C=O) groups excluding carboxylic acids is 1. The molecule has 2 N–H and O–H groups in total. The number of hydrogen-bond donors (Lipinski definition) is 2. The first-order chi connectivity index (χ1) is 13.9. The van der Waals surface area contributed by atoms with Crippen molar-refractivity contribution in [3.8, 4) is 5.75 Å². The van der Waals surface area contributed by atoms with Crippen LogP contribution in [-0.2, 0) is 6.54 Å². The zero-order valence-corrected chi connectivity index (χ0v) is 16.2. The van der Waals surface area contributed by atoms with Gasteiger partial charge in [-0.15, -0.1) is 0 Å². The third-order valence-electron chi connectivity index (χ3n) is 5.04. The molecule has 1 aliphatic heterocycles. The Morgan fingerprint density at radius 2 is 2.14 bits per heavy atom. The van der Waals surface area contributed by atoms with Crippen molar-refractivity contribution >= 4 is 16.8 Å². The summed E-state index contributed by atoms with van der Waals surface area (Å²) >= 11 is 0. The molecule has 0 atom stereocenters. The molecule has 0 aliphatic carbocycles. The van der Waals surface area contributed by atoms with E-state index in [2.05, 4.69) is 20.2 Å². The summed E-state index contributed by atoms with van der Waals surface area (Å²) in [5, 5.41) is 3.20. The third-order valence-corrected chi connectivity index (χ3v) is 5.04. The smallest absolute Gasteiger partial charge is 0.269 e. The molecule has 0 unspecified atom stereocenters. The molecule has 1 fully saturated rings. The molecule has 1 aliphatic rings. The number of aryl methyl sites for hydroxylation is 1. The average molecular weight is 396 g/mol. The number of nitrogens with zero attached hydrogens (tertiary/aromatic N) is 2. The first-order valence-corrected chi connectivity index (χ1v) is 9.32. The van der Waals surface area contributed by atoms with E-state index in [0.29, 0.717) is 47.6 Å². The molecule has 7 nitrogen and oxygen atoms in total. The van der Waals surface area contributed by atoms with Crippen LogP contribution in [0.1, 0.15) is 21.6 Å². The van der Waals surface area contributed by atoms with E-state index >= 15 is 0 Å². The summed E-state index contributed by atoms with van der Waals surface area (Å²) in [5.41, 5.74) is 1.39. The highest BCUT2D eigenvalue weighted by molar-refractivity contribution is 5.92. The molecule has 1 amide bonds. The number of benzene rings is 1. The Labute approximate surface area is 166 Å². The molecule has 4 rings (SSSR count). The Balaban J connectivity index is 1.37. The van der Waals surface area contributed by atoms with Gasteiger partial charge in [-0.25, -0.2) is 9.37 Å². The van der Waals surface area contributed by atoms with E-state index in [1.807, 2.05) is 6.07 Å². The van der Waals surface area contributed by atoms with Gasteiger partial charge in [0.05, 0.1) is 11.7 Å². The average Bonchev–Trinajstić information content (AvgIpc) is 2.69. The summed E-state index contributed by atoms with van der Waals surface area (Å²) in [6, 6.07) is 8.59. The quantitative estimate of drug-likeness (QED) is 0.689. The minimum Gasteiger partial charge on any atom is -0.486 e. The van der Waals surface area contributed by atoms with Crippen molar-refractivity contribution in [1.82, 2.24) is 20.2 Å². The summed E-state index contributed by atoms with van der Waals surface area (Å²) < 4.78 is 20.6. The third kappa shape index (κ3) is 3.84. The highest BCUT2D eigenvalue weighted by Crippen LogP contribution is 2.24. The van der Waals surface area contributed by atoms with Crippen LogP contribution in [0.25, 0.3) is 10.9 Å². The van der Waals surface area contributed by atoms with Crippen LogP contribution in [0.5, 0.6) is 5.75 Å². The maximum absolute atomic E-state index is 14.8. The Hall–Kier alpha value is -3.26. The zero-order chi connectivity index (χ0) is 20.5. The lowest BCUT2D eigenvalue weighted by Gasteiger charge is -2.39. The number of hydrogen-bond acceptors (Lipinski definition) is 5. The molecule has 3 aromatic rings. The molecule has 0 radical (unpaired) electrons. The molecule has 29 heavy (non-hydrogen) atoms. The van der Waals surface area contributed by atoms with Crippen molar-refractivity contribution in [2.45, 2.75) is 19.6 Å². The van der Waals surface area contributed by atoms with E-state index in [1.165, 1.54) is 6.20 Å². The molecule has 8 heteroatoms. The van der Waals surface area contributed by atoms with Gasteiger partial charge in [0.15, 0.2) is 5.82 Å². The second-order valence-electron chi connectivity index (χ2n) is 7.18. The lowest BCUT2D eigenvalue weighted by atomic mass is 10.1. The van der Waals surface area contributed by atoms with E-state index in [4.69, 9.17) is 4.74 Å². The summed E-state index contributed by atoms with van der Waals surface area (Å²) in [5.74, 6) is -0.0506. The lowest BCUT2D eigenvalue weighted by molar-refractivity contribution is 0.0138. The number of pyridine rings is 2. The standard InChI is InChI=1S/C21H21FN4O3/c1-12-7-13-3-4-14(18(22)19(13)25-20(12)27)9-26-10-16(11-26)29-15-5-6-17(24-8-15)21(28)23-2/h3-8,16H,9-11H2,1-2H3,(H,23,28)(H,25,27). The van der Waals surface area contributed by atoms with Crippen LogP contribution in [0.3, 0.4) is 0 Å². The fraction of sp³-hybridized carbons (Fsp3) is 0.286. The topological polar surface area (TPSA) is 87.3 Å². The van der Waals surface area contributed by atoms with E-state index in [-0.39, 0.29) is 23.1 Å². The Morgan fingerprint density at radius 3 is 2.83 bits per heavy atom. The van der Waals surface area contributed by atoms with Gasteiger partial charge in [-0.2, -0.15) is 0 Å². The highest BCUT2D eigenvalue weighted by Gasteiger charge is 2.29. The molecule has 150 valence electrons. The number of H-pyrrole nitrogens is 1. The predicted octanol–water partition coefficient (Wildman–Crippen LogP) is 1.99. The number of amides is 1. The molecule has 1 saturated heterocycles. The molecular weight excluding hydrogens is 375 g/mol. The van der Waals surface area contributed by atoms with Crippen molar-refractivity contribution in [2.75, 3.05) is 20.1 Å². The molecule has 0 saturated carbocycles. The fourth-order valence-electron chi connectivity index (χ4n) is 3.39. The Bertz CT molecular complexity index is 1120. The van der Waals surface area contributed by atoms with E-state index in [0.717, 1.165) is 0 Å². The molecule has 2 aromatic heterocycles. The van der Waals surface area contributed by atoms with Gasteiger partial charge in [0.25, 0.3) is 11.5 Å². The summed E-state index contributed by atoms with van der Waals surface area (Å²) in [4.78, 5) is 32.1. The van der Waals surface area contributed by atoms with Gasteiger partial charge in [-0.05, 0) is 25.1 Å². The van der Waals surface area contributed by atoms with Gasteiger partial charge in [-0.3, -0.25) is 14.5 Å². The van der Waals surface area contributed by atoms with Gasteiger partial charge < -0.3 is 15.0 Å². The van der Waals surface area contributed by atoms with E-state index in [1.54, 1.807) is 38.2 Å². The number of likely N-dealkylation sites (tertiary alicyclic amines) is 1. The van der Waals surface area contributed by atoms with Crippen LogP contribution in [0.2, 0.25) is 0 Å². The SMILES string of the molecule is CNC(=O)c1ccc(OC2CN(Cc3ccc4cc(C)c(=O)[nH]c4c3F)C2)cn1. The molecular formula is C21H21FN4O3. The van der Waals surface area contributed by atoms with Gasteiger partial charge in [-0.1, -0.05) is 12.1 Å². The number of halogens is 1. The number of aromatic nitrogens is 2. The monoisotopic (exact) mass is 396 g/mol. The Morgan fingerprint density at radius 1 is 1.34 bits per heavy atom. The summed E-state index contributed by atoms with van der Waals surface area (Å²) in [6.07, 6.45) is 1.50. The summed E-state index contributed by atoms with van der Waals surface area (Å²) in [7, 11) is 1.55. The van der Waals surface area contributed by atoms with Crippen molar-refractivity contribution in [3.05, 3.63) is 69.5 Å². The Kier molecular flexibility index (Phi) is 5.02. The van der Waals surface area contributed by atoms with Crippen LogP contribution < -0.4 is 15.6 Å². The van der Waals surface area contributed by atoms with Crippen LogP contribution >= 0.6 is 0 Å². The number of ether oxygens (including phenoxy) is 1. The maximum atomic E-state index is 14.8. The minimum atomic E-state index is -0.391. The van der Waals surface area contributed by atoms with Crippen molar-refractivity contribution in [1.29, 1.82) is 0 Å².